The number of hydrogen-bond donors (Lipinski definition) is 2. The lowest BCUT2D eigenvalue weighted by Gasteiger charge is -2.53. The second kappa shape index (κ2) is 5.71. The predicted molar refractivity (Wildman–Crippen MR) is 97.5 cm³/mol. The van der Waals surface area contributed by atoms with Gasteiger partial charge >= 0.3 is 0 Å². The largest absolute Gasteiger partial charge is 0.396 e. The third-order valence-corrected chi connectivity index (χ3v) is 8.45. The van der Waals surface area contributed by atoms with Crippen LogP contribution in [0.3, 0.4) is 0 Å². The molecular weight excluding hydrogens is 296 g/mol. The maximum absolute atomic E-state index is 10.1. The minimum absolute atomic E-state index is 0.0699. The number of hydrogen-bond acceptors (Lipinski definition) is 2. The van der Waals surface area contributed by atoms with Gasteiger partial charge in [0.2, 0.25) is 0 Å². The molecule has 4 aliphatic carbocycles. The van der Waals surface area contributed by atoms with Gasteiger partial charge in [-0.15, -0.1) is 0 Å². The van der Waals surface area contributed by atoms with E-state index in [0.29, 0.717) is 29.8 Å². The summed E-state index contributed by atoms with van der Waals surface area (Å²) in [6.07, 6.45) is 11.7. The highest BCUT2D eigenvalue weighted by Crippen LogP contribution is 2.63. The molecule has 1 fully saturated rings. The molecule has 6 atom stereocenters. The summed E-state index contributed by atoms with van der Waals surface area (Å²) in [5, 5.41) is 19.8. The van der Waals surface area contributed by atoms with Gasteiger partial charge in [0, 0.05) is 6.61 Å². The highest BCUT2D eigenvalue weighted by molar-refractivity contribution is 5.49. The molecule has 0 aromatic carbocycles. The first-order valence-corrected chi connectivity index (χ1v) is 10.1. The van der Waals surface area contributed by atoms with Crippen molar-refractivity contribution in [2.75, 3.05) is 6.61 Å². The molecule has 0 aliphatic heterocycles. The Bertz CT molecular complexity index is 589. The van der Waals surface area contributed by atoms with Crippen LogP contribution in [0.4, 0.5) is 0 Å². The minimum Gasteiger partial charge on any atom is -0.396 e. The van der Waals surface area contributed by atoms with Gasteiger partial charge in [-0.05, 0) is 91.1 Å². The van der Waals surface area contributed by atoms with Gasteiger partial charge in [-0.1, -0.05) is 32.4 Å². The van der Waals surface area contributed by atoms with Gasteiger partial charge in [-0.3, -0.25) is 0 Å². The summed E-state index contributed by atoms with van der Waals surface area (Å²) in [6.45, 7) is 7.48. The average Bonchev–Trinajstić information content (AvgIpc) is 2.92. The van der Waals surface area contributed by atoms with Crippen LogP contribution in [0.15, 0.2) is 22.8 Å². The Kier molecular flexibility index (Phi) is 4.01. The van der Waals surface area contributed by atoms with Crippen LogP contribution in [0.2, 0.25) is 0 Å². The van der Waals surface area contributed by atoms with Crippen molar-refractivity contribution >= 4 is 0 Å². The molecule has 0 radical (unpaired) electrons. The van der Waals surface area contributed by atoms with Crippen molar-refractivity contribution in [1.82, 2.24) is 0 Å². The van der Waals surface area contributed by atoms with Gasteiger partial charge in [-0.25, -0.2) is 0 Å². The zero-order valence-electron chi connectivity index (χ0n) is 15.6. The van der Waals surface area contributed by atoms with Crippen molar-refractivity contribution in [3.05, 3.63) is 22.8 Å². The summed E-state index contributed by atoms with van der Waals surface area (Å²) in [6, 6.07) is 0. The first-order chi connectivity index (χ1) is 11.4. The van der Waals surface area contributed by atoms with Crippen molar-refractivity contribution in [3.63, 3.8) is 0 Å². The quantitative estimate of drug-likeness (QED) is 0.775. The molecule has 2 heteroatoms. The summed E-state index contributed by atoms with van der Waals surface area (Å²) >= 11 is 0. The molecule has 0 heterocycles. The normalized spacial score (nSPS) is 46.0. The van der Waals surface area contributed by atoms with Crippen LogP contribution in [-0.2, 0) is 0 Å². The Morgan fingerprint density at radius 2 is 1.96 bits per heavy atom. The van der Waals surface area contributed by atoms with Crippen LogP contribution in [0.25, 0.3) is 0 Å². The lowest BCUT2D eigenvalue weighted by atomic mass is 9.51. The fourth-order valence-electron chi connectivity index (χ4n) is 6.86. The van der Waals surface area contributed by atoms with E-state index in [-0.39, 0.29) is 11.5 Å². The van der Waals surface area contributed by atoms with E-state index in [1.54, 1.807) is 16.7 Å². The zero-order valence-corrected chi connectivity index (χ0v) is 15.6. The molecule has 134 valence electrons. The van der Waals surface area contributed by atoms with E-state index in [1.165, 1.54) is 25.7 Å². The Hall–Kier alpha value is -0.600. The number of fused-ring (bicyclic) bond motifs is 4. The number of aliphatic hydroxyl groups is 2. The van der Waals surface area contributed by atoms with Crippen molar-refractivity contribution in [1.29, 1.82) is 0 Å². The van der Waals surface area contributed by atoms with Gasteiger partial charge in [0.05, 0.1) is 6.10 Å². The molecule has 0 amide bonds. The number of allylic oxidation sites excluding steroid dienone is 4. The fourth-order valence-corrected chi connectivity index (χ4v) is 6.86. The Morgan fingerprint density at radius 3 is 2.71 bits per heavy atom. The lowest BCUT2D eigenvalue weighted by molar-refractivity contribution is 0.0219. The van der Waals surface area contributed by atoms with Crippen LogP contribution >= 0.6 is 0 Å². The SMILES string of the molecule is C[C@H](CO)[C@H]1CC=C2C3=C(CC[C@@]21C)[C@@]1(C)CC[C@H](O)CC1CC3. The van der Waals surface area contributed by atoms with Gasteiger partial charge in [0.15, 0.2) is 0 Å². The maximum atomic E-state index is 10.1. The molecule has 24 heavy (non-hydrogen) atoms. The third-order valence-electron chi connectivity index (χ3n) is 8.45. The molecule has 2 nitrogen and oxygen atoms in total. The van der Waals surface area contributed by atoms with E-state index in [4.69, 9.17) is 0 Å². The van der Waals surface area contributed by atoms with Crippen molar-refractivity contribution < 1.29 is 10.2 Å². The second-order valence-corrected chi connectivity index (χ2v) is 9.58. The van der Waals surface area contributed by atoms with Crippen LogP contribution < -0.4 is 0 Å². The Labute approximate surface area is 147 Å². The highest BCUT2D eigenvalue weighted by atomic mass is 16.3. The van der Waals surface area contributed by atoms with Crippen molar-refractivity contribution in [2.24, 2.45) is 28.6 Å². The Balaban J connectivity index is 1.70. The highest BCUT2D eigenvalue weighted by Gasteiger charge is 2.52. The van der Waals surface area contributed by atoms with E-state index in [0.717, 1.165) is 25.7 Å². The van der Waals surface area contributed by atoms with E-state index in [2.05, 4.69) is 26.8 Å². The minimum atomic E-state index is -0.0699. The second-order valence-electron chi connectivity index (χ2n) is 9.58. The van der Waals surface area contributed by atoms with Gasteiger partial charge in [-0.2, -0.15) is 0 Å². The average molecular weight is 331 g/mol. The lowest BCUT2D eigenvalue weighted by Crippen LogP contribution is -2.44. The molecule has 4 aliphatic rings. The predicted octanol–water partition coefficient (Wildman–Crippen LogP) is 4.62. The van der Waals surface area contributed by atoms with Gasteiger partial charge < -0.3 is 10.2 Å². The molecule has 2 N–H and O–H groups in total. The topological polar surface area (TPSA) is 40.5 Å². The van der Waals surface area contributed by atoms with Crippen LogP contribution in [0.5, 0.6) is 0 Å². The van der Waals surface area contributed by atoms with Gasteiger partial charge in [0.25, 0.3) is 0 Å². The molecule has 1 saturated carbocycles. The van der Waals surface area contributed by atoms with Crippen LogP contribution in [-0.4, -0.2) is 22.9 Å². The van der Waals surface area contributed by atoms with E-state index in [9.17, 15) is 10.2 Å². The molecular formula is C22H34O2. The molecule has 4 rings (SSSR count). The monoisotopic (exact) mass is 330 g/mol. The molecule has 1 unspecified atom stereocenters. The van der Waals surface area contributed by atoms with E-state index >= 15 is 0 Å². The maximum Gasteiger partial charge on any atom is 0.0543 e. The zero-order chi connectivity index (χ0) is 17.1. The standard InChI is InChI=1S/C22H34O2/c1-14(13-23)18-6-7-19-17-5-4-15-12-16(24)8-10-21(15,2)20(17)9-11-22(18,19)3/h7,14-16,18,23-24H,4-6,8-13H2,1-3H3/t14-,15?,16+,18-,21+,22-/m1/s1. The Morgan fingerprint density at radius 1 is 1.17 bits per heavy atom. The van der Waals surface area contributed by atoms with E-state index < -0.39 is 0 Å². The summed E-state index contributed by atoms with van der Waals surface area (Å²) in [5.41, 5.74) is 5.67. The smallest absolute Gasteiger partial charge is 0.0543 e. The summed E-state index contributed by atoms with van der Waals surface area (Å²) < 4.78 is 0. The van der Waals surface area contributed by atoms with Crippen molar-refractivity contribution in [3.8, 4) is 0 Å². The molecule has 0 bridgehead atoms. The van der Waals surface area contributed by atoms with Crippen LogP contribution in [0, 0.1) is 28.6 Å². The van der Waals surface area contributed by atoms with Crippen molar-refractivity contribution in [2.45, 2.75) is 78.2 Å². The molecule has 0 aromatic rings. The number of rotatable bonds is 2. The first kappa shape index (κ1) is 16.8. The summed E-state index contributed by atoms with van der Waals surface area (Å²) in [5.74, 6) is 1.67. The summed E-state index contributed by atoms with van der Waals surface area (Å²) in [7, 11) is 0. The molecule has 0 saturated heterocycles. The molecule has 0 aromatic heterocycles. The van der Waals surface area contributed by atoms with E-state index in [1.807, 2.05) is 0 Å². The summed E-state index contributed by atoms with van der Waals surface area (Å²) in [4.78, 5) is 0. The van der Waals surface area contributed by atoms with Gasteiger partial charge in [0.1, 0.15) is 0 Å². The third kappa shape index (κ3) is 2.22. The molecule has 0 spiro atoms. The number of aliphatic hydroxyl groups excluding tert-OH is 2. The van der Waals surface area contributed by atoms with Crippen LogP contribution in [0.1, 0.15) is 72.1 Å². The fraction of sp³-hybridized carbons (Fsp3) is 0.818. The first-order valence-electron chi connectivity index (χ1n) is 10.1.